The first-order chi connectivity index (χ1) is 12.1. The van der Waals surface area contributed by atoms with E-state index in [-0.39, 0.29) is 24.0 Å². The zero-order valence-electron chi connectivity index (χ0n) is 15.6. The Balaban J connectivity index is 0.00000338. The van der Waals surface area contributed by atoms with Crippen LogP contribution in [-0.2, 0) is 11.2 Å². The fourth-order valence-corrected chi connectivity index (χ4v) is 2.99. The van der Waals surface area contributed by atoms with Crippen LogP contribution in [0.1, 0.15) is 31.7 Å². The topological polar surface area (TPSA) is 36.9 Å². The first kappa shape index (κ1) is 23.1. The molecule has 1 heterocycles. The number of aliphatic imine (C=N–C) groups is 1. The van der Waals surface area contributed by atoms with Gasteiger partial charge in [-0.05, 0) is 50.2 Å². The molecule has 0 bridgehead atoms. The highest BCUT2D eigenvalue weighted by Crippen LogP contribution is 2.18. The van der Waals surface area contributed by atoms with E-state index in [2.05, 4.69) is 15.2 Å². The van der Waals surface area contributed by atoms with Crippen molar-refractivity contribution in [2.24, 2.45) is 10.9 Å². The van der Waals surface area contributed by atoms with Gasteiger partial charge in [0.05, 0.1) is 0 Å². The summed E-state index contributed by atoms with van der Waals surface area (Å²) in [5.74, 6) is 0.489. The second-order valence-electron chi connectivity index (χ2n) is 6.49. The van der Waals surface area contributed by atoms with Crippen molar-refractivity contribution in [1.29, 1.82) is 0 Å². The summed E-state index contributed by atoms with van der Waals surface area (Å²) >= 11 is 0. The molecule has 0 spiro atoms. The van der Waals surface area contributed by atoms with Gasteiger partial charge in [-0.3, -0.25) is 4.99 Å². The van der Waals surface area contributed by atoms with E-state index < -0.39 is 11.6 Å². The maximum Gasteiger partial charge on any atom is 0.193 e. The zero-order chi connectivity index (χ0) is 18.1. The molecule has 0 atom stereocenters. The summed E-state index contributed by atoms with van der Waals surface area (Å²) in [7, 11) is 2.03. The Hall–Kier alpha value is -0.960. The highest BCUT2D eigenvalue weighted by atomic mass is 127. The minimum atomic E-state index is -0.550. The molecule has 1 aliphatic heterocycles. The summed E-state index contributed by atoms with van der Waals surface area (Å²) in [4.78, 5) is 6.71. The molecule has 0 aromatic heterocycles. The van der Waals surface area contributed by atoms with Gasteiger partial charge in [0.1, 0.15) is 11.6 Å². The predicted octanol–water partition coefficient (Wildman–Crippen LogP) is 3.84. The van der Waals surface area contributed by atoms with Gasteiger partial charge in [0, 0.05) is 46.0 Å². The van der Waals surface area contributed by atoms with Gasteiger partial charge in [-0.2, -0.15) is 0 Å². The third kappa shape index (κ3) is 7.73. The van der Waals surface area contributed by atoms with Gasteiger partial charge in [-0.1, -0.05) is 6.07 Å². The van der Waals surface area contributed by atoms with Crippen LogP contribution in [0.25, 0.3) is 0 Å². The zero-order valence-corrected chi connectivity index (χ0v) is 18.0. The summed E-state index contributed by atoms with van der Waals surface area (Å²) < 4.78 is 32.0. The maximum absolute atomic E-state index is 13.7. The summed E-state index contributed by atoms with van der Waals surface area (Å²) in [5.41, 5.74) is 0.492. The Morgan fingerprint density at radius 3 is 2.69 bits per heavy atom. The smallest absolute Gasteiger partial charge is 0.193 e. The molecule has 2 rings (SSSR count). The second-order valence-corrected chi connectivity index (χ2v) is 6.49. The van der Waals surface area contributed by atoms with E-state index in [1.165, 1.54) is 12.1 Å². The van der Waals surface area contributed by atoms with Gasteiger partial charge in [-0.25, -0.2) is 8.78 Å². The molecular weight excluding hydrogens is 451 g/mol. The molecule has 1 N–H and O–H groups in total. The quantitative estimate of drug-likeness (QED) is 0.366. The molecule has 7 heteroatoms. The summed E-state index contributed by atoms with van der Waals surface area (Å²) in [6.45, 7) is 5.94. The average molecular weight is 481 g/mol. The first-order valence-corrected chi connectivity index (χ1v) is 9.11. The SMILES string of the molecule is CCNC(=NCCc1ccc(F)cc1F)N(C)CCC1CCOCC1.I. The number of hydrogen-bond donors (Lipinski definition) is 1. The minimum absolute atomic E-state index is 0. The lowest BCUT2D eigenvalue weighted by molar-refractivity contribution is 0.0625. The maximum atomic E-state index is 13.7. The number of benzene rings is 1. The van der Waals surface area contributed by atoms with Crippen molar-refractivity contribution in [3.63, 3.8) is 0 Å². The van der Waals surface area contributed by atoms with Crippen LogP contribution in [0.2, 0.25) is 0 Å². The molecule has 0 unspecified atom stereocenters. The third-order valence-corrected chi connectivity index (χ3v) is 4.57. The lowest BCUT2D eigenvalue weighted by Gasteiger charge is -2.26. The number of guanidine groups is 1. The van der Waals surface area contributed by atoms with Gasteiger partial charge in [0.15, 0.2) is 5.96 Å². The molecule has 1 saturated heterocycles. The standard InChI is InChI=1S/C19H29F2N3O.HI/c1-3-22-19(24(2)11-7-15-8-12-25-13-9-15)23-10-6-16-4-5-17(20)14-18(16)21;/h4-5,14-15H,3,6-13H2,1-2H3,(H,22,23);1H. The second kappa shape index (κ2) is 12.4. The number of halogens is 3. The van der Waals surface area contributed by atoms with Crippen LogP contribution in [0.5, 0.6) is 0 Å². The predicted molar refractivity (Wildman–Crippen MR) is 112 cm³/mol. The molecule has 4 nitrogen and oxygen atoms in total. The van der Waals surface area contributed by atoms with E-state index in [1.807, 2.05) is 14.0 Å². The fraction of sp³-hybridized carbons (Fsp3) is 0.632. The molecule has 1 fully saturated rings. The van der Waals surface area contributed by atoms with E-state index in [1.54, 1.807) is 0 Å². The summed E-state index contributed by atoms with van der Waals surface area (Å²) in [5, 5.41) is 3.28. The molecule has 1 aliphatic rings. The highest BCUT2D eigenvalue weighted by molar-refractivity contribution is 14.0. The largest absolute Gasteiger partial charge is 0.381 e. The molecular formula is C19H30F2IN3O. The van der Waals surface area contributed by atoms with Crippen molar-refractivity contribution in [2.45, 2.75) is 32.6 Å². The molecule has 1 aromatic rings. The Morgan fingerprint density at radius 2 is 2.04 bits per heavy atom. The van der Waals surface area contributed by atoms with E-state index in [0.29, 0.717) is 24.4 Å². The molecule has 0 amide bonds. The lowest BCUT2D eigenvalue weighted by atomic mass is 9.96. The van der Waals surface area contributed by atoms with Crippen LogP contribution < -0.4 is 5.32 Å². The number of nitrogens with one attached hydrogen (secondary N) is 1. The van der Waals surface area contributed by atoms with Crippen molar-refractivity contribution in [3.05, 3.63) is 35.4 Å². The van der Waals surface area contributed by atoms with Crippen LogP contribution in [0, 0.1) is 17.6 Å². The monoisotopic (exact) mass is 481 g/mol. The number of rotatable bonds is 7. The Bertz CT molecular complexity index is 566. The number of nitrogens with zero attached hydrogens (tertiary/aromatic N) is 2. The third-order valence-electron chi connectivity index (χ3n) is 4.57. The van der Waals surface area contributed by atoms with Crippen LogP contribution >= 0.6 is 24.0 Å². The van der Waals surface area contributed by atoms with Crippen LogP contribution in [-0.4, -0.2) is 50.8 Å². The molecule has 0 saturated carbocycles. The van der Waals surface area contributed by atoms with Gasteiger partial charge >= 0.3 is 0 Å². The average Bonchev–Trinajstić information content (AvgIpc) is 2.61. The van der Waals surface area contributed by atoms with Gasteiger partial charge < -0.3 is 15.0 Å². The summed E-state index contributed by atoms with van der Waals surface area (Å²) in [6.07, 6.45) is 3.84. The van der Waals surface area contributed by atoms with E-state index in [4.69, 9.17) is 4.74 Å². The normalized spacial score (nSPS) is 15.5. The molecule has 0 radical (unpaired) electrons. The highest BCUT2D eigenvalue weighted by Gasteiger charge is 2.15. The molecule has 26 heavy (non-hydrogen) atoms. The number of hydrogen-bond acceptors (Lipinski definition) is 2. The Kier molecular flexibility index (Phi) is 11.0. The van der Waals surface area contributed by atoms with Crippen molar-refractivity contribution in [2.75, 3.05) is 39.9 Å². The molecule has 148 valence electrons. The van der Waals surface area contributed by atoms with E-state index in [9.17, 15) is 8.78 Å². The van der Waals surface area contributed by atoms with Gasteiger partial charge in [0.25, 0.3) is 0 Å². The van der Waals surface area contributed by atoms with Crippen molar-refractivity contribution < 1.29 is 13.5 Å². The van der Waals surface area contributed by atoms with Crippen molar-refractivity contribution in [1.82, 2.24) is 10.2 Å². The van der Waals surface area contributed by atoms with Crippen molar-refractivity contribution in [3.8, 4) is 0 Å². The summed E-state index contributed by atoms with van der Waals surface area (Å²) in [6, 6.07) is 3.69. The van der Waals surface area contributed by atoms with Crippen LogP contribution in [0.3, 0.4) is 0 Å². The van der Waals surface area contributed by atoms with Crippen molar-refractivity contribution >= 4 is 29.9 Å². The first-order valence-electron chi connectivity index (χ1n) is 9.11. The van der Waals surface area contributed by atoms with E-state index in [0.717, 1.165) is 57.6 Å². The fourth-order valence-electron chi connectivity index (χ4n) is 2.99. The molecule has 1 aromatic carbocycles. The van der Waals surface area contributed by atoms with E-state index >= 15 is 0 Å². The lowest BCUT2D eigenvalue weighted by Crippen LogP contribution is -2.40. The van der Waals surface area contributed by atoms with Crippen LogP contribution in [0.15, 0.2) is 23.2 Å². The molecule has 0 aliphatic carbocycles. The Labute approximate surface area is 172 Å². The van der Waals surface area contributed by atoms with Crippen LogP contribution in [0.4, 0.5) is 8.78 Å². The van der Waals surface area contributed by atoms with Gasteiger partial charge in [0.2, 0.25) is 0 Å². The number of ether oxygens (including phenoxy) is 1. The minimum Gasteiger partial charge on any atom is -0.381 e. The Morgan fingerprint density at radius 1 is 1.31 bits per heavy atom. The van der Waals surface area contributed by atoms with Gasteiger partial charge in [-0.15, -0.1) is 24.0 Å².